The molecule has 3 N–H and O–H groups in total. The number of anilines is 1. The van der Waals surface area contributed by atoms with E-state index in [1.807, 2.05) is 79.7 Å². The van der Waals surface area contributed by atoms with Gasteiger partial charge in [-0.3, -0.25) is 14.8 Å². The third-order valence-electron chi connectivity index (χ3n) is 7.38. The largest absolute Gasteiger partial charge is 0.326 e. The van der Waals surface area contributed by atoms with Gasteiger partial charge in [0.05, 0.1) is 24.7 Å². The molecule has 0 aliphatic carbocycles. The van der Waals surface area contributed by atoms with Gasteiger partial charge in [0, 0.05) is 23.4 Å². The standard InChI is InChI=1S/C34H36N4O3S/c1-23-18-29-24(2)36-37-31(30(29)21-32(23)35-33(39)20-28-12-7-17-42-28)15-13-25-10-6-11-26(19-25)14-16-34(40)38(41)22-27-8-4-3-5-9-27/h3-6,8-13,15,18-19,21,24,36,41H,7,14,16-17,20,22H2,1-2H3,(H,35,39)/b15-13+. The molecule has 2 aliphatic heterocycles. The van der Waals surface area contributed by atoms with E-state index in [1.54, 1.807) is 11.8 Å². The fraction of sp³-hybridized carbons (Fsp3) is 0.265. The number of rotatable bonds is 10. The molecule has 5 rings (SSSR count). The Morgan fingerprint density at radius 1 is 1.10 bits per heavy atom. The topological polar surface area (TPSA) is 94.0 Å². The first kappa shape index (κ1) is 29.4. The summed E-state index contributed by atoms with van der Waals surface area (Å²) in [6.45, 7) is 4.25. The van der Waals surface area contributed by atoms with E-state index in [1.165, 1.54) is 0 Å². The van der Waals surface area contributed by atoms with Crippen molar-refractivity contribution in [2.24, 2.45) is 5.10 Å². The number of thioether (sulfide) groups is 1. The maximum Gasteiger partial charge on any atom is 0.246 e. The van der Waals surface area contributed by atoms with Crippen LogP contribution in [-0.4, -0.2) is 33.5 Å². The Kier molecular flexibility index (Phi) is 9.56. The highest BCUT2D eigenvalue weighted by atomic mass is 32.2. The van der Waals surface area contributed by atoms with Gasteiger partial charge in [-0.15, -0.1) is 11.8 Å². The molecule has 1 atom stereocenters. The minimum atomic E-state index is -0.315. The van der Waals surface area contributed by atoms with Crippen molar-refractivity contribution >= 4 is 41.1 Å². The molecule has 8 heteroatoms. The maximum absolute atomic E-state index is 12.7. The summed E-state index contributed by atoms with van der Waals surface area (Å²) in [6.07, 6.45) is 8.28. The van der Waals surface area contributed by atoms with Gasteiger partial charge in [0.1, 0.15) is 0 Å². The van der Waals surface area contributed by atoms with Crippen LogP contribution in [0.25, 0.3) is 6.08 Å². The lowest BCUT2D eigenvalue weighted by Gasteiger charge is -2.24. The van der Waals surface area contributed by atoms with Gasteiger partial charge < -0.3 is 10.7 Å². The summed E-state index contributed by atoms with van der Waals surface area (Å²) in [4.78, 5) is 26.4. The van der Waals surface area contributed by atoms with Gasteiger partial charge in [0.15, 0.2) is 0 Å². The number of carbonyl (C=O) groups is 2. The summed E-state index contributed by atoms with van der Waals surface area (Å²) in [6, 6.07) is 21.6. The van der Waals surface area contributed by atoms with Crippen molar-refractivity contribution in [2.75, 3.05) is 11.1 Å². The van der Waals surface area contributed by atoms with E-state index in [9.17, 15) is 14.8 Å². The van der Waals surface area contributed by atoms with Gasteiger partial charge in [-0.1, -0.05) is 72.8 Å². The van der Waals surface area contributed by atoms with E-state index in [-0.39, 0.29) is 30.8 Å². The average molecular weight is 581 g/mol. The molecule has 0 bridgehead atoms. The van der Waals surface area contributed by atoms with Crippen molar-refractivity contribution in [1.82, 2.24) is 10.5 Å². The molecule has 2 heterocycles. The van der Waals surface area contributed by atoms with Gasteiger partial charge in [0.25, 0.3) is 0 Å². The van der Waals surface area contributed by atoms with Crippen molar-refractivity contribution in [2.45, 2.75) is 52.1 Å². The molecule has 216 valence electrons. The molecule has 42 heavy (non-hydrogen) atoms. The lowest BCUT2D eigenvalue weighted by molar-refractivity contribution is -0.167. The molecule has 0 saturated heterocycles. The predicted molar refractivity (Wildman–Crippen MR) is 170 cm³/mol. The number of hydrogen-bond acceptors (Lipinski definition) is 6. The van der Waals surface area contributed by atoms with Crippen LogP contribution in [0.4, 0.5) is 5.69 Å². The highest BCUT2D eigenvalue weighted by Crippen LogP contribution is 2.31. The first-order valence-electron chi connectivity index (χ1n) is 14.3. The van der Waals surface area contributed by atoms with Crippen LogP contribution in [0.1, 0.15) is 65.6 Å². The number of allylic oxidation sites excluding steroid dienone is 2. The lowest BCUT2D eigenvalue weighted by atomic mass is 9.93. The summed E-state index contributed by atoms with van der Waals surface area (Å²) in [5.41, 5.74) is 10.8. The molecular formula is C34H36N4O3S. The molecule has 2 aliphatic rings. The number of amides is 2. The number of hydrazone groups is 1. The van der Waals surface area contributed by atoms with E-state index in [4.69, 9.17) is 0 Å². The smallest absolute Gasteiger partial charge is 0.246 e. The normalized spacial score (nSPS) is 15.9. The summed E-state index contributed by atoms with van der Waals surface area (Å²) in [5.74, 6) is 0.730. The molecule has 0 aromatic heterocycles. The van der Waals surface area contributed by atoms with Crippen LogP contribution in [0.2, 0.25) is 0 Å². The fourth-order valence-electron chi connectivity index (χ4n) is 5.07. The van der Waals surface area contributed by atoms with Crippen molar-refractivity contribution < 1.29 is 14.8 Å². The minimum Gasteiger partial charge on any atom is -0.326 e. The molecule has 0 radical (unpaired) electrons. The van der Waals surface area contributed by atoms with Crippen LogP contribution >= 0.6 is 11.8 Å². The molecule has 7 nitrogen and oxygen atoms in total. The quantitative estimate of drug-likeness (QED) is 0.182. The Labute approximate surface area is 251 Å². The Hall–Kier alpha value is -4.14. The summed E-state index contributed by atoms with van der Waals surface area (Å²) in [5, 5.41) is 18.7. The number of hydroxylamine groups is 2. The van der Waals surface area contributed by atoms with Crippen molar-refractivity contribution in [3.8, 4) is 0 Å². The second-order valence-electron chi connectivity index (χ2n) is 10.7. The Morgan fingerprint density at radius 2 is 1.90 bits per heavy atom. The highest BCUT2D eigenvalue weighted by molar-refractivity contribution is 8.03. The van der Waals surface area contributed by atoms with Gasteiger partial charge >= 0.3 is 0 Å². The Balaban J connectivity index is 1.24. The summed E-state index contributed by atoms with van der Waals surface area (Å²) < 4.78 is 0. The summed E-state index contributed by atoms with van der Waals surface area (Å²) >= 11 is 1.75. The lowest BCUT2D eigenvalue weighted by Crippen LogP contribution is -2.27. The Bertz CT molecular complexity index is 1550. The van der Waals surface area contributed by atoms with Crippen LogP contribution in [0, 0.1) is 6.92 Å². The second kappa shape index (κ2) is 13.7. The first-order chi connectivity index (χ1) is 20.4. The predicted octanol–water partition coefficient (Wildman–Crippen LogP) is 6.78. The number of fused-ring (bicyclic) bond motifs is 1. The summed E-state index contributed by atoms with van der Waals surface area (Å²) in [7, 11) is 0. The van der Waals surface area contributed by atoms with E-state index in [0.29, 0.717) is 12.8 Å². The number of nitrogens with zero attached hydrogens (tertiary/aromatic N) is 2. The van der Waals surface area contributed by atoms with Crippen molar-refractivity contribution in [1.29, 1.82) is 0 Å². The van der Waals surface area contributed by atoms with Gasteiger partial charge in [-0.05, 0) is 71.6 Å². The van der Waals surface area contributed by atoms with Crippen LogP contribution < -0.4 is 10.7 Å². The van der Waals surface area contributed by atoms with Crippen molar-refractivity contribution in [3.63, 3.8) is 0 Å². The number of carbonyl (C=O) groups excluding carboxylic acids is 2. The Morgan fingerprint density at radius 3 is 2.69 bits per heavy atom. The highest BCUT2D eigenvalue weighted by Gasteiger charge is 2.21. The average Bonchev–Trinajstić information content (AvgIpc) is 3.50. The van der Waals surface area contributed by atoms with Crippen LogP contribution in [0.5, 0.6) is 0 Å². The van der Waals surface area contributed by atoms with Crippen LogP contribution in [0.3, 0.4) is 0 Å². The van der Waals surface area contributed by atoms with Gasteiger partial charge in [0.2, 0.25) is 11.8 Å². The van der Waals surface area contributed by atoms with Gasteiger partial charge in [-0.2, -0.15) is 5.10 Å². The van der Waals surface area contributed by atoms with Crippen LogP contribution in [0.15, 0.2) is 88.9 Å². The minimum absolute atomic E-state index is 0.00519. The number of benzene rings is 3. The van der Waals surface area contributed by atoms with E-state index in [0.717, 1.165) is 66.9 Å². The third kappa shape index (κ3) is 7.57. The molecular weight excluding hydrogens is 544 g/mol. The first-order valence-corrected chi connectivity index (χ1v) is 15.2. The molecule has 1 unspecified atom stereocenters. The molecule has 0 fully saturated rings. The van der Waals surface area contributed by atoms with Crippen LogP contribution in [-0.2, 0) is 22.6 Å². The molecule has 0 saturated carbocycles. The zero-order valence-corrected chi connectivity index (χ0v) is 24.8. The SMILES string of the molecule is Cc1cc2c(cc1NC(=O)CC1=CCCS1)C(/C=C/c1cccc(CCC(=O)N(O)Cc3ccccc3)c1)=NNC2C. The van der Waals surface area contributed by atoms with E-state index >= 15 is 0 Å². The zero-order chi connectivity index (χ0) is 29.5. The fourth-order valence-corrected chi connectivity index (χ4v) is 6.03. The molecule has 3 aromatic rings. The molecule has 0 spiro atoms. The third-order valence-corrected chi connectivity index (χ3v) is 8.50. The van der Waals surface area contributed by atoms with E-state index in [2.05, 4.69) is 34.9 Å². The zero-order valence-electron chi connectivity index (χ0n) is 24.0. The second-order valence-corrected chi connectivity index (χ2v) is 11.9. The number of nitrogens with one attached hydrogen (secondary N) is 2. The monoisotopic (exact) mass is 580 g/mol. The molecule has 2 amide bonds. The maximum atomic E-state index is 12.7. The van der Waals surface area contributed by atoms with E-state index < -0.39 is 0 Å². The van der Waals surface area contributed by atoms with Crippen molar-refractivity contribution in [3.05, 3.63) is 117 Å². The molecule has 3 aromatic carbocycles. The number of aryl methyl sites for hydroxylation is 2. The number of hydrogen-bond donors (Lipinski definition) is 3. The van der Waals surface area contributed by atoms with Gasteiger partial charge in [-0.25, -0.2) is 5.06 Å².